The Morgan fingerprint density at radius 3 is 3.00 bits per heavy atom. The molecule has 2 aliphatic heterocycles. The van der Waals surface area contributed by atoms with Crippen molar-refractivity contribution in [1.29, 1.82) is 0 Å². The van der Waals surface area contributed by atoms with Crippen molar-refractivity contribution in [3.05, 3.63) is 54.2 Å². The number of carbonyl (C=O) groups is 3. The lowest BCUT2D eigenvalue weighted by molar-refractivity contribution is -0.113. The minimum Gasteiger partial charge on any atom is -0.497 e. The summed E-state index contributed by atoms with van der Waals surface area (Å²) in [5, 5.41) is 6.51. The summed E-state index contributed by atoms with van der Waals surface area (Å²) >= 11 is 1.47. The lowest BCUT2D eigenvalue weighted by atomic mass is 10.1. The van der Waals surface area contributed by atoms with E-state index < -0.39 is 6.09 Å². The van der Waals surface area contributed by atoms with Gasteiger partial charge in [-0.3, -0.25) is 19.5 Å². The average molecular weight is 493 g/mol. The molecule has 1 atom stereocenters. The van der Waals surface area contributed by atoms with Crippen molar-refractivity contribution in [3.63, 3.8) is 0 Å². The van der Waals surface area contributed by atoms with Crippen LogP contribution in [0.5, 0.6) is 5.75 Å². The van der Waals surface area contributed by atoms with Crippen LogP contribution in [0.15, 0.2) is 53.6 Å². The largest absolute Gasteiger partial charge is 0.497 e. The zero-order valence-corrected chi connectivity index (χ0v) is 19.9. The molecule has 3 heterocycles. The predicted molar refractivity (Wildman–Crippen MR) is 133 cm³/mol. The Labute approximate surface area is 206 Å². The number of ether oxygens (including phenoxy) is 2. The van der Waals surface area contributed by atoms with E-state index in [-0.39, 0.29) is 17.9 Å². The molecule has 1 fully saturated rings. The maximum absolute atomic E-state index is 12.8. The van der Waals surface area contributed by atoms with Crippen molar-refractivity contribution in [1.82, 2.24) is 10.3 Å². The predicted octanol–water partition coefficient (Wildman–Crippen LogP) is 3.82. The van der Waals surface area contributed by atoms with Gasteiger partial charge in [-0.25, -0.2) is 4.79 Å². The molecule has 0 bridgehead atoms. The standard InChI is InChI=1S/C25H24N4O5S/c1-33-16-5-6-20-19(12-16)18(8-10-26-20)24(31)27-9-2-3-17-13-29(25(32)34-17)15-4-7-22-21(11-15)28-23(30)14-35-22/h4-8,10-12,17H,2-3,9,13-14H2,1H3,(H,27,31)(H,28,30)/t17-/m0/s1. The van der Waals surface area contributed by atoms with Crippen LogP contribution in [0.1, 0.15) is 23.2 Å². The molecule has 10 heteroatoms. The molecule has 0 unspecified atom stereocenters. The lowest BCUT2D eigenvalue weighted by Gasteiger charge is -2.20. The van der Waals surface area contributed by atoms with Crippen molar-refractivity contribution < 1.29 is 23.9 Å². The second kappa shape index (κ2) is 9.83. The van der Waals surface area contributed by atoms with Crippen LogP contribution in [-0.2, 0) is 9.53 Å². The number of hydrogen-bond donors (Lipinski definition) is 2. The van der Waals surface area contributed by atoms with E-state index in [1.54, 1.807) is 36.4 Å². The van der Waals surface area contributed by atoms with Crippen LogP contribution >= 0.6 is 11.8 Å². The third-order valence-corrected chi connectivity index (χ3v) is 7.04. The molecule has 1 aromatic heterocycles. The summed E-state index contributed by atoms with van der Waals surface area (Å²) in [6, 6.07) is 12.7. The molecule has 5 rings (SSSR count). The van der Waals surface area contributed by atoms with Crippen molar-refractivity contribution in [2.45, 2.75) is 23.8 Å². The molecular formula is C25H24N4O5S. The van der Waals surface area contributed by atoms with E-state index in [2.05, 4.69) is 15.6 Å². The van der Waals surface area contributed by atoms with Gasteiger partial charge in [0.2, 0.25) is 5.91 Å². The molecule has 3 aromatic rings. The smallest absolute Gasteiger partial charge is 0.414 e. The number of methoxy groups -OCH3 is 1. The number of rotatable bonds is 7. The number of anilines is 2. The molecule has 1 saturated heterocycles. The number of hydrogen-bond acceptors (Lipinski definition) is 7. The van der Waals surface area contributed by atoms with Crippen molar-refractivity contribution in [3.8, 4) is 5.75 Å². The third-order valence-electron chi connectivity index (χ3n) is 5.96. The number of aromatic nitrogens is 1. The minimum absolute atomic E-state index is 0.0533. The first-order chi connectivity index (χ1) is 17.0. The molecule has 2 aromatic carbocycles. The van der Waals surface area contributed by atoms with Crippen LogP contribution < -0.4 is 20.3 Å². The number of fused-ring (bicyclic) bond motifs is 2. The Morgan fingerprint density at radius 1 is 1.26 bits per heavy atom. The summed E-state index contributed by atoms with van der Waals surface area (Å²) in [5.41, 5.74) is 2.65. The first kappa shape index (κ1) is 23.0. The van der Waals surface area contributed by atoms with Crippen molar-refractivity contribution >= 4 is 51.9 Å². The van der Waals surface area contributed by atoms with Crippen LogP contribution in [-0.4, -0.2) is 54.9 Å². The number of pyridine rings is 1. The van der Waals surface area contributed by atoms with Crippen molar-refractivity contribution in [2.24, 2.45) is 0 Å². The Hall–Kier alpha value is -3.79. The van der Waals surface area contributed by atoms with E-state index in [9.17, 15) is 14.4 Å². The number of cyclic esters (lactones) is 1. The maximum Gasteiger partial charge on any atom is 0.414 e. The van der Waals surface area contributed by atoms with E-state index in [1.165, 1.54) is 11.8 Å². The zero-order valence-electron chi connectivity index (χ0n) is 19.1. The van der Waals surface area contributed by atoms with E-state index in [1.807, 2.05) is 24.3 Å². The van der Waals surface area contributed by atoms with Gasteiger partial charge in [0.1, 0.15) is 11.9 Å². The van der Waals surface area contributed by atoms with Crippen LogP contribution in [0, 0.1) is 0 Å². The number of amides is 3. The summed E-state index contributed by atoms with van der Waals surface area (Å²) in [5.74, 6) is 0.807. The second-order valence-corrected chi connectivity index (χ2v) is 9.29. The zero-order chi connectivity index (χ0) is 24.4. The molecule has 0 radical (unpaired) electrons. The average Bonchev–Trinajstić information content (AvgIpc) is 3.25. The first-order valence-electron chi connectivity index (χ1n) is 11.3. The Kier molecular flexibility index (Phi) is 6.45. The van der Waals surface area contributed by atoms with E-state index in [0.717, 1.165) is 15.8 Å². The van der Waals surface area contributed by atoms with Gasteiger partial charge in [0.05, 0.1) is 36.2 Å². The molecule has 0 spiro atoms. The van der Waals surface area contributed by atoms with Gasteiger partial charge in [0.15, 0.2) is 0 Å². The monoisotopic (exact) mass is 492 g/mol. The highest BCUT2D eigenvalue weighted by Crippen LogP contribution is 2.35. The van der Waals surface area contributed by atoms with Crippen LogP contribution in [0.4, 0.5) is 16.2 Å². The van der Waals surface area contributed by atoms with Crippen LogP contribution in [0.25, 0.3) is 10.9 Å². The summed E-state index contributed by atoms with van der Waals surface area (Å²) in [6.45, 7) is 0.865. The maximum atomic E-state index is 12.8. The quantitative estimate of drug-likeness (QED) is 0.483. The highest BCUT2D eigenvalue weighted by Gasteiger charge is 2.32. The molecule has 9 nitrogen and oxygen atoms in total. The Balaban J connectivity index is 1.15. The van der Waals surface area contributed by atoms with E-state index in [0.29, 0.717) is 54.4 Å². The van der Waals surface area contributed by atoms with Gasteiger partial charge < -0.3 is 20.1 Å². The van der Waals surface area contributed by atoms with Gasteiger partial charge in [-0.2, -0.15) is 0 Å². The Morgan fingerprint density at radius 2 is 2.14 bits per heavy atom. The van der Waals surface area contributed by atoms with Gasteiger partial charge in [0.25, 0.3) is 5.91 Å². The number of carbonyl (C=O) groups excluding carboxylic acids is 3. The van der Waals surface area contributed by atoms with Crippen LogP contribution in [0.2, 0.25) is 0 Å². The number of nitrogens with one attached hydrogen (secondary N) is 2. The number of thioether (sulfide) groups is 1. The SMILES string of the molecule is COc1ccc2nccc(C(=O)NCCC[C@H]3CN(c4ccc5c(c4)NC(=O)CS5)C(=O)O3)c2c1. The molecule has 0 aliphatic carbocycles. The normalized spacial score (nSPS) is 17.1. The van der Waals surface area contributed by atoms with Gasteiger partial charge in [-0.15, -0.1) is 11.8 Å². The van der Waals surface area contributed by atoms with Gasteiger partial charge in [-0.05, 0) is 55.3 Å². The van der Waals surface area contributed by atoms with E-state index >= 15 is 0 Å². The molecule has 180 valence electrons. The van der Waals surface area contributed by atoms with Gasteiger partial charge >= 0.3 is 6.09 Å². The summed E-state index contributed by atoms with van der Waals surface area (Å²) in [6.07, 6.45) is 2.20. The van der Waals surface area contributed by atoms with Gasteiger partial charge in [-0.1, -0.05) is 0 Å². The van der Waals surface area contributed by atoms with Crippen LogP contribution in [0.3, 0.4) is 0 Å². The summed E-state index contributed by atoms with van der Waals surface area (Å²) < 4.78 is 10.8. The Bertz CT molecular complexity index is 1310. The number of nitrogens with zero attached hydrogens (tertiary/aromatic N) is 2. The summed E-state index contributed by atoms with van der Waals surface area (Å²) in [7, 11) is 1.58. The summed E-state index contributed by atoms with van der Waals surface area (Å²) in [4.78, 5) is 43.8. The second-order valence-electron chi connectivity index (χ2n) is 8.27. The number of benzene rings is 2. The molecule has 3 amide bonds. The topological polar surface area (TPSA) is 110 Å². The first-order valence-corrected chi connectivity index (χ1v) is 12.3. The fourth-order valence-electron chi connectivity index (χ4n) is 4.20. The van der Waals surface area contributed by atoms with E-state index in [4.69, 9.17) is 9.47 Å². The molecule has 2 aliphatic rings. The highest BCUT2D eigenvalue weighted by atomic mass is 32.2. The minimum atomic E-state index is -0.411. The molecular weight excluding hydrogens is 468 g/mol. The fraction of sp³-hybridized carbons (Fsp3) is 0.280. The fourth-order valence-corrected chi connectivity index (χ4v) is 4.99. The van der Waals surface area contributed by atoms with Crippen molar-refractivity contribution in [2.75, 3.05) is 36.2 Å². The van der Waals surface area contributed by atoms with Gasteiger partial charge in [0, 0.05) is 28.7 Å². The molecule has 0 saturated carbocycles. The third kappa shape index (κ3) is 4.88. The lowest BCUT2D eigenvalue weighted by Crippen LogP contribution is -2.27. The highest BCUT2D eigenvalue weighted by molar-refractivity contribution is 8.00. The molecule has 2 N–H and O–H groups in total. The molecule has 35 heavy (non-hydrogen) atoms.